The highest BCUT2D eigenvalue weighted by molar-refractivity contribution is 5.08. The monoisotopic (exact) mass is 346 g/mol. The quantitative estimate of drug-likeness (QED) is 0.375. The van der Waals surface area contributed by atoms with Crippen molar-refractivity contribution in [1.29, 1.82) is 0 Å². The molecule has 5 atom stereocenters. The van der Waals surface area contributed by atoms with Crippen molar-refractivity contribution in [2.75, 3.05) is 34.5 Å². The number of aliphatic hydroxyl groups is 4. The molecule has 1 heterocycles. The van der Waals surface area contributed by atoms with Gasteiger partial charge in [-0.1, -0.05) is 0 Å². The van der Waals surface area contributed by atoms with Crippen LogP contribution in [0.1, 0.15) is 17.5 Å². The number of hydrogen-bond acceptors (Lipinski definition) is 9. The van der Waals surface area contributed by atoms with Gasteiger partial charge in [-0.3, -0.25) is 9.97 Å². The first kappa shape index (κ1) is 20.8. The average molecular weight is 346 g/mol. The zero-order valence-corrected chi connectivity index (χ0v) is 14.1. The summed E-state index contributed by atoms with van der Waals surface area (Å²) in [5.41, 5.74) is 0.862. The highest BCUT2D eigenvalue weighted by Crippen LogP contribution is 2.21. The Hall–Kier alpha value is -1.20. The maximum Gasteiger partial charge on any atom is 0.129 e. The van der Waals surface area contributed by atoms with Crippen molar-refractivity contribution >= 4 is 0 Å². The third kappa shape index (κ3) is 5.42. The molecule has 9 heteroatoms. The average Bonchev–Trinajstić information content (AvgIpc) is 2.59. The minimum atomic E-state index is -1.12. The largest absolute Gasteiger partial charge is 0.394 e. The van der Waals surface area contributed by atoms with E-state index >= 15 is 0 Å². The zero-order chi connectivity index (χ0) is 18.1. The Kier molecular flexibility index (Phi) is 9.22. The van der Waals surface area contributed by atoms with Gasteiger partial charge in [-0.25, -0.2) is 0 Å². The Morgan fingerprint density at radius 3 is 1.96 bits per heavy atom. The van der Waals surface area contributed by atoms with Crippen LogP contribution in [0, 0.1) is 0 Å². The zero-order valence-electron chi connectivity index (χ0n) is 14.1. The highest BCUT2D eigenvalue weighted by atomic mass is 16.5. The molecule has 0 aliphatic carbocycles. The molecule has 0 unspecified atom stereocenters. The fraction of sp³-hybridized carbons (Fsp3) is 0.733. The van der Waals surface area contributed by atoms with Crippen molar-refractivity contribution in [3.05, 3.63) is 23.8 Å². The van der Waals surface area contributed by atoms with E-state index in [0.717, 1.165) is 0 Å². The first-order valence-electron chi connectivity index (χ1n) is 7.49. The van der Waals surface area contributed by atoms with Crippen LogP contribution in [0.2, 0.25) is 0 Å². The molecule has 0 aliphatic rings. The van der Waals surface area contributed by atoms with Gasteiger partial charge in [0.05, 0.1) is 36.9 Å². The smallest absolute Gasteiger partial charge is 0.129 e. The molecule has 1 rings (SSSR count). The van der Waals surface area contributed by atoms with Crippen molar-refractivity contribution < 1.29 is 34.6 Å². The molecular formula is C15H26N2O7. The van der Waals surface area contributed by atoms with Gasteiger partial charge in [0, 0.05) is 33.9 Å². The summed E-state index contributed by atoms with van der Waals surface area (Å²) in [5.74, 6) is 0. The lowest BCUT2D eigenvalue weighted by Crippen LogP contribution is -2.37. The third-order valence-corrected chi connectivity index (χ3v) is 3.77. The predicted octanol–water partition coefficient (Wildman–Crippen LogP) is -1.56. The van der Waals surface area contributed by atoms with Crippen LogP contribution >= 0.6 is 0 Å². The third-order valence-electron chi connectivity index (χ3n) is 3.77. The summed E-state index contributed by atoms with van der Waals surface area (Å²) >= 11 is 0. The Bertz CT molecular complexity index is 452. The Morgan fingerprint density at radius 2 is 1.54 bits per heavy atom. The van der Waals surface area contributed by atoms with Gasteiger partial charge in [0.25, 0.3) is 0 Å². The summed E-state index contributed by atoms with van der Waals surface area (Å²) < 4.78 is 15.2. The summed E-state index contributed by atoms with van der Waals surface area (Å²) in [4.78, 5) is 8.36. The van der Waals surface area contributed by atoms with Crippen molar-refractivity contribution in [3.63, 3.8) is 0 Å². The molecule has 0 radical (unpaired) electrons. The van der Waals surface area contributed by atoms with Crippen LogP contribution in [-0.2, 0) is 20.6 Å². The van der Waals surface area contributed by atoms with E-state index in [2.05, 4.69) is 9.97 Å². The number of nitrogens with zero attached hydrogens (tertiary/aromatic N) is 2. The molecule has 1 aromatic rings. The number of ether oxygens (including phenoxy) is 3. The molecule has 0 amide bonds. The van der Waals surface area contributed by atoms with Gasteiger partial charge in [0.1, 0.15) is 24.4 Å². The number of hydrogen-bond donors (Lipinski definition) is 4. The summed E-state index contributed by atoms with van der Waals surface area (Å²) in [5, 5.41) is 38.4. The molecule has 9 nitrogen and oxygen atoms in total. The maximum atomic E-state index is 10.2. The number of aliphatic hydroxyl groups excluding tert-OH is 4. The second-order valence-electron chi connectivity index (χ2n) is 5.26. The SMILES string of the molecule is CO[C@@H](CO)[C@@H](O)[C@@H](OC)c1cnc(C[C@H](O)[C@H](CO)OC)cn1. The van der Waals surface area contributed by atoms with E-state index in [0.29, 0.717) is 11.4 Å². The lowest BCUT2D eigenvalue weighted by atomic mass is 10.1. The topological polar surface area (TPSA) is 134 Å². The van der Waals surface area contributed by atoms with Gasteiger partial charge >= 0.3 is 0 Å². The number of rotatable bonds is 11. The lowest BCUT2D eigenvalue weighted by Gasteiger charge is -2.26. The fourth-order valence-corrected chi connectivity index (χ4v) is 2.27. The molecule has 0 saturated carbocycles. The van der Waals surface area contributed by atoms with Gasteiger partial charge in [0.15, 0.2) is 0 Å². The minimum Gasteiger partial charge on any atom is -0.394 e. The van der Waals surface area contributed by atoms with Crippen LogP contribution in [0.3, 0.4) is 0 Å². The predicted molar refractivity (Wildman–Crippen MR) is 83.3 cm³/mol. The van der Waals surface area contributed by atoms with Crippen molar-refractivity contribution in [1.82, 2.24) is 9.97 Å². The second-order valence-corrected chi connectivity index (χ2v) is 5.26. The Labute approximate surface area is 140 Å². The highest BCUT2D eigenvalue weighted by Gasteiger charge is 2.30. The van der Waals surface area contributed by atoms with Gasteiger partial charge in [0.2, 0.25) is 0 Å². The van der Waals surface area contributed by atoms with Crippen LogP contribution in [0.25, 0.3) is 0 Å². The molecule has 24 heavy (non-hydrogen) atoms. The summed E-state index contributed by atoms with van der Waals surface area (Å²) in [6.07, 6.45) is -1.36. The lowest BCUT2D eigenvalue weighted by molar-refractivity contribution is -0.106. The van der Waals surface area contributed by atoms with E-state index in [9.17, 15) is 15.3 Å². The fourth-order valence-electron chi connectivity index (χ4n) is 2.27. The molecule has 0 aromatic carbocycles. The first-order chi connectivity index (χ1) is 11.5. The molecule has 0 spiro atoms. The molecule has 0 aliphatic heterocycles. The van der Waals surface area contributed by atoms with E-state index in [-0.39, 0.29) is 19.6 Å². The van der Waals surface area contributed by atoms with Crippen molar-refractivity contribution in [3.8, 4) is 0 Å². The number of methoxy groups -OCH3 is 3. The van der Waals surface area contributed by atoms with E-state index in [1.165, 1.54) is 33.7 Å². The van der Waals surface area contributed by atoms with Crippen LogP contribution in [0.15, 0.2) is 12.4 Å². The van der Waals surface area contributed by atoms with E-state index in [1.807, 2.05) is 0 Å². The van der Waals surface area contributed by atoms with Gasteiger partial charge in [-0.2, -0.15) is 0 Å². The Balaban J connectivity index is 2.81. The first-order valence-corrected chi connectivity index (χ1v) is 7.49. The summed E-state index contributed by atoms with van der Waals surface area (Å²) in [6.45, 7) is -0.671. The number of aromatic nitrogens is 2. The molecule has 1 aromatic heterocycles. The van der Waals surface area contributed by atoms with E-state index in [1.54, 1.807) is 0 Å². The van der Waals surface area contributed by atoms with Crippen molar-refractivity contribution in [2.24, 2.45) is 0 Å². The van der Waals surface area contributed by atoms with E-state index in [4.69, 9.17) is 19.3 Å². The van der Waals surface area contributed by atoms with Gasteiger partial charge < -0.3 is 34.6 Å². The minimum absolute atomic E-state index is 0.157. The van der Waals surface area contributed by atoms with Crippen LogP contribution in [0.5, 0.6) is 0 Å². The van der Waals surface area contributed by atoms with Gasteiger partial charge in [-0.05, 0) is 0 Å². The summed E-state index contributed by atoms with van der Waals surface area (Å²) in [7, 11) is 4.18. The molecule has 138 valence electrons. The summed E-state index contributed by atoms with van der Waals surface area (Å²) in [6, 6.07) is 0. The Morgan fingerprint density at radius 1 is 0.917 bits per heavy atom. The second kappa shape index (κ2) is 10.6. The van der Waals surface area contributed by atoms with Crippen molar-refractivity contribution in [2.45, 2.75) is 36.9 Å². The molecule has 0 fully saturated rings. The molecule has 0 bridgehead atoms. The van der Waals surface area contributed by atoms with E-state index < -0.39 is 30.5 Å². The molecule has 4 N–H and O–H groups in total. The maximum absolute atomic E-state index is 10.2. The van der Waals surface area contributed by atoms with Crippen LogP contribution < -0.4 is 0 Å². The standard InChI is InChI=1S/C15H26N2O7/c1-22-12(7-18)11(20)4-9-5-17-10(6-16-9)15(24-3)14(21)13(8-19)23-2/h5-6,11-15,18-21H,4,7-8H2,1-3H3/t11-,12-,13-,14+,15-/m0/s1. The normalized spacial score (nSPS) is 18.0. The molecular weight excluding hydrogens is 320 g/mol. The van der Waals surface area contributed by atoms with Crippen LogP contribution in [-0.4, -0.2) is 89.4 Å². The van der Waals surface area contributed by atoms with Gasteiger partial charge in [-0.15, -0.1) is 0 Å². The molecule has 0 saturated heterocycles. The van der Waals surface area contributed by atoms with Crippen LogP contribution in [0.4, 0.5) is 0 Å².